The number of anilines is 1. The molecule has 0 fully saturated rings. The van der Waals surface area contributed by atoms with Gasteiger partial charge in [0.05, 0.1) is 11.3 Å². The van der Waals surface area contributed by atoms with E-state index in [-0.39, 0.29) is 33.5 Å². The van der Waals surface area contributed by atoms with Crippen molar-refractivity contribution in [1.29, 1.82) is 0 Å². The van der Waals surface area contributed by atoms with Crippen LogP contribution >= 0.6 is 0 Å². The predicted molar refractivity (Wildman–Crippen MR) is 135 cm³/mol. The first-order valence-corrected chi connectivity index (χ1v) is 12.8. The van der Waals surface area contributed by atoms with Crippen LogP contribution in [-0.4, -0.2) is 29.9 Å². The molecule has 0 aliphatic heterocycles. The highest BCUT2D eigenvalue weighted by molar-refractivity contribution is 7.92. The van der Waals surface area contributed by atoms with Crippen molar-refractivity contribution in [1.82, 2.24) is 9.97 Å². The van der Waals surface area contributed by atoms with Gasteiger partial charge in [-0.3, -0.25) is 4.79 Å². The van der Waals surface area contributed by atoms with Gasteiger partial charge in [0.25, 0.3) is 0 Å². The average molecular weight is 524 g/mol. The Bertz CT molecular complexity index is 1620. The summed E-state index contributed by atoms with van der Waals surface area (Å²) in [7, 11) is -4.15. The predicted octanol–water partition coefficient (Wildman–Crippen LogP) is 5.38. The largest absolute Gasteiger partial charge is 0.438 e. The van der Waals surface area contributed by atoms with Crippen LogP contribution in [0.25, 0.3) is 11.3 Å². The van der Waals surface area contributed by atoms with Crippen molar-refractivity contribution >= 4 is 21.4 Å². The number of hydrogen-bond donors (Lipinski definition) is 1. The highest BCUT2D eigenvalue weighted by atomic mass is 32.2. The third-order valence-electron chi connectivity index (χ3n) is 5.58. The Hall–Kier alpha value is -4.18. The number of nitrogen functional groups attached to an aromatic ring is 1. The van der Waals surface area contributed by atoms with Gasteiger partial charge in [-0.15, -0.1) is 0 Å². The number of carbonyl (C=O) groups excluding carboxylic acids is 1. The van der Waals surface area contributed by atoms with E-state index >= 15 is 0 Å². The maximum atomic E-state index is 14.5. The highest BCUT2D eigenvalue weighted by Crippen LogP contribution is 2.33. The first kappa shape index (κ1) is 25.9. The quantitative estimate of drug-likeness (QED) is 0.324. The Morgan fingerprint density at radius 3 is 2.30 bits per heavy atom. The molecule has 0 amide bonds. The summed E-state index contributed by atoms with van der Waals surface area (Å²) in [6.45, 7) is 5.53. The SMILES string of the molecule is Cc1cc(C)c(Oc2nc(-c3cccc(F)c3F)ccc2C(=O)CS(=O)(=O)c2cccc(N)n2)c(C)c1. The molecule has 0 unspecified atom stereocenters. The fraction of sp³-hybridized carbons (Fsp3) is 0.148. The molecule has 0 spiro atoms. The van der Waals surface area contributed by atoms with Gasteiger partial charge in [-0.1, -0.05) is 29.8 Å². The van der Waals surface area contributed by atoms with Crippen LogP contribution < -0.4 is 10.5 Å². The Labute approximate surface area is 212 Å². The first-order valence-electron chi connectivity index (χ1n) is 11.2. The number of Topliss-reactive ketones (excluding diaryl/α,β-unsaturated/α-hetero) is 1. The maximum absolute atomic E-state index is 14.5. The minimum Gasteiger partial charge on any atom is -0.438 e. The summed E-state index contributed by atoms with van der Waals surface area (Å²) in [5.74, 6) is -3.76. The van der Waals surface area contributed by atoms with Gasteiger partial charge >= 0.3 is 0 Å². The van der Waals surface area contributed by atoms with Crippen LogP contribution in [0.5, 0.6) is 11.6 Å². The van der Waals surface area contributed by atoms with Crippen LogP contribution in [0.2, 0.25) is 0 Å². The molecule has 10 heteroatoms. The normalized spacial score (nSPS) is 11.4. The second kappa shape index (κ2) is 10.1. The third kappa shape index (κ3) is 5.49. The van der Waals surface area contributed by atoms with Crippen molar-refractivity contribution in [3.05, 3.63) is 94.6 Å². The molecule has 2 heterocycles. The van der Waals surface area contributed by atoms with Crippen molar-refractivity contribution in [2.75, 3.05) is 11.5 Å². The standard InChI is InChI=1S/C27H23F2N3O4S/c1-15-12-16(2)26(17(3)13-15)36-27-19(10-11-21(31-27)18-6-4-7-20(28)25(18)29)22(33)14-37(34,35)24-9-5-8-23(30)32-24/h4-13H,14H2,1-3H3,(H2,30,32). The lowest BCUT2D eigenvalue weighted by Gasteiger charge is -2.16. The molecule has 0 saturated carbocycles. The molecule has 37 heavy (non-hydrogen) atoms. The van der Waals surface area contributed by atoms with Crippen molar-refractivity contribution in [2.45, 2.75) is 25.8 Å². The minimum absolute atomic E-state index is 0.00586. The van der Waals surface area contributed by atoms with E-state index < -0.39 is 33.0 Å². The molecule has 0 atom stereocenters. The summed E-state index contributed by atoms with van der Waals surface area (Å²) < 4.78 is 60.1. The number of pyridine rings is 2. The van der Waals surface area contributed by atoms with Crippen molar-refractivity contribution in [3.8, 4) is 22.9 Å². The van der Waals surface area contributed by atoms with Crippen LogP contribution in [0.1, 0.15) is 27.0 Å². The summed E-state index contributed by atoms with van der Waals surface area (Å²) in [4.78, 5) is 21.3. The second-order valence-electron chi connectivity index (χ2n) is 8.56. The Balaban J connectivity index is 1.81. The molecular weight excluding hydrogens is 500 g/mol. The molecule has 2 aromatic heterocycles. The molecule has 2 aromatic carbocycles. The number of hydrogen-bond acceptors (Lipinski definition) is 7. The molecule has 190 valence electrons. The van der Waals surface area contributed by atoms with Gasteiger partial charge in [-0.05, 0) is 68.3 Å². The van der Waals surface area contributed by atoms with Gasteiger partial charge in [0, 0.05) is 5.56 Å². The Morgan fingerprint density at radius 1 is 0.946 bits per heavy atom. The van der Waals surface area contributed by atoms with E-state index in [2.05, 4.69) is 9.97 Å². The Morgan fingerprint density at radius 2 is 1.62 bits per heavy atom. The fourth-order valence-electron chi connectivity index (χ4n) is 3.93. The maximum Gasteiger partial charge on any atom is 0.230 e. The molecule has 0 aliphatic rings. The highest BCUT2D eigenvalue weighted by Gasteiger charge is 2.26. The van der Waals surface area contributed by atoms with E-state index in [1.54, 1.807) is 0 Å². The number of halogens is 2. The van der Waals surface area contributed by atoms with Gasteiger partial charge in [0.15, 0.2) is 22.4 Å². The number of ketones is 1. The molecule has 4 rings (SSSR count). The van der Waals surface area contributed by atoms with E-state index in [4.69, 9.17) is 10.5 Å². The number of sulfone groups is 1. The van der Waals surface area contributed by atoms with E-state index in [9.17, 15) is 22.0 Å². The molecule has 0 radical (unpaired) electrons. The van der Waals surface area contributed by atoms with Gasteiger partial charge in [-0.25, -0.2) is 27.2 Å². The van der Waals surface area contributed by atoms with E-state index in [0.717, 1.165) is 22.8 Å². The van der Waals surface area contributed by atoms with Gasteiger partial charge in [-0.2, -0.15) is 0 Å². The van der Waals surface area contributed by atoms with Crippen molar-refractivity contribution < 1.29 is 26.7 Å². The van der Waals surface area contributed by atoms with Crippen LogP contribution in [0.15, 0.2) is 65.7 Å². The minimum atomic E-state index is -4.15. The smallest absolute Gasteiger partial charge is 0.230 e. The van der Waals surface area contributed by atoms with Crippen LogP contribution in [0.4, 0.5) is 14.6 Å². The van der Waals surface area contributed by atoms with E-state index in [1.165, 1.54) is 42.5 Å². The van der Waals surface area contributed by atoms with Gasteiger partial charge < -0.3 is 10.5 Å². The fourth-order valence-corrected chi connectivity index (χ4v) is 5.11. The zero-order valence-electron chi connectivity index (χ0n) is 20.2. The third-order valence-corrected chi connectivity index (χ3v) is 7.08. The summed E-state index contributed by atoms with van der Waals surface area (Å²) in [6, 6.07) is 14.0. The molecule has 4 aromatic rings. The molecule has 0 saturated heterocycles. The van der Waals surface area contributed by atoms with Crippen LogP contribution in [-0.2, 0) is 9.84 Å². The van der Waals surface area contributed by atoms with Crippen LogP contribution in [0.3, 0.4) is 0 Å². The number of carbonyl (C=O) groups is 1. The number of ether oxygens (including phenoxy) is 1. The Kier molecular flexibility index (Phi) is 7.04. The van der Waals surface area contributed by atoms with E-state index in [0.29, 0.717) is 5.75 Å². The lowest BCUT2D eigenvalue weighted by atomic mass is 10.1. The molecular formula is C27H23F2N3O4S. The summed E-state index contributed by atoms with van der Waals surface area (Å²) in [5.41, 5.74) is 7.79. The summed E-state index contributed by atoms with van der Waals surface area (Å²) in [5, 5.41) is -0.347. The molecule has 0 aliphatic carbocycles. The number of aryl methyl sites for hydroxylation is 3. The molecule has 7 nitrogen and oxygen atoms in total. The van der Waals surface area contributed by atoms with Crippen LogP contribution in [0, 0.1) is 32.4 Å². The molecule has 2 N–H and O–H groups in total. The second-order valence-corrected chi connectivity index (χ2v) is 10.5. The summed E-state index contributed by atoms with van der Waals surface area (Å²) in [6.07, 6.45) is 0. The number of aromatic nitrogens is 2. The van der Waals surface area contributed by atoms with Gasteiger partial charge in [0.1, 0.15) is 17.3 Å². The number of nitrogens with zero attached hydrogens (tertiary/aromatic N) is 2. The topological polar surface area (TPSA) is 112 Å². The molecule has 0 bridgehead atoms. The lowest BCUT2D eigenvalue weighted by Crippen LogP contribution is -2.19. The number of nitrogens with two attached hydrogens (primary N) is 1. The van der Waals surface area contributed by atoms with Crippen molar-refractivity contribution in [2.24, 2.45) is 0 Å². The van der Waals surface area contributed by atoms with Gasteiger partial charge in [0.2, 0.25) is 15.7 Å². The average Bonchev–Trinajstić information content (AvgIpc) is 2.82. The lowest BCUT2D eigenvalue weighted by molar-refractivity contribution is 0.101. The number of benzene rings is 2. The monoisotopic (exact) mass is 523 g/mol. The number of rotatable bonds is 7. The zero-order valence-corrected chi connectivity index (χ0v) is 21.1. The first-order chi connectivity index (χ1) is 17.5. The van der Waals surface area contributed by atoms with E-state index in [1.807, 2.05) is 32.9 Å². The summed E-state index contributed by atoms with van der Waals surface area (Å²) >= 11 is 0. The van der Waals surface area contributed by atoms with Crippen molar-refractivity contribution in [3.63, 3.8) is 0 Å². The zero-order chi connectivity index (χ0) is 26.9.